The fourth-order valence-corrected chi connectivity index (χ4v) is 6.03. The quantitative estimate of drug-likeness (QED) is 0.354. The first-order chi connectivity index (χ1) is 15.9. The first-order valence-corrected chi connectivity index (χ1v) is 12.3. The van der Waals surface area contributed by atoms with E-state index in [9.17, 15) is 19.5 Å². The lowest BCUT2D eigenvalue weighted by molar-refractivity contribution is -0.163. The van der Waals surface area contributed by atoms with Crippen LogP contribution in [-0.4, -0.2) is 82.3 Å². The molecule has 4 rings (SSSR count). The first-order valence-electron chi connectivity index (χ1n) is 12.3. The predicted molar refractivity (Wildman–Crippen MR) is 121 cm³/mol. The van der Waals surface area contributed by atoms with Gasteiger partial charge in [0.15, 0.2) is 0 Å². The Bertz CT molecular complexity index is 856. The number of aliphatic hydroxyl groups is 1. The maximum Gasteiger partial charge on any atom is 0.313 e. The zero-order chi connectivity index (χ0) is 23.8. The second kappa shape index (κ2) is 9.22. The molecule has 0 aromatic rings. The molecule has 0 bridgehead atoms. The number of amides is 2. The van der Waals surface area contributed by atoms with E-state index in [0.29, 0.717) is 25.9 Å². The molecule has 6 atom stereocenters. The van der Waals surface area contributed by atoms with E-state index in [4.69, 9.17) is 9.47 Å². The summed E-state index contributed by atoms with van der Waals surface area (Å²) in [7, 11) is 0. The number of aliphatic hydroxyl groups excluding tert-OH is 1. The van der Waals surface area contributed by atoms with Gasteiger partial charge in [0.25, 0.3) is 0 Å². The summed E-state index contributed by atoms with van der Waals surface area (Å²) in [4.78, 5) is 44.4. The van der Waals surface area contributed by atoms with Gasteiger partial charge in [-0.3, -0.25) is 14.4 Å². The Morgan fingerprint density at radius 1 is 1.12 bits per heavy atom. The van der Waals surface area contributed by atoms with Gasteiger partial charge in [0, 0.05) is 13.1 Å². The fraction of sp³-hybridized carbons (Fsp3) is 0.720. The van der Waals surface area contributed by atoms with Crippen LogP contribution < -0.4 is 0 Å². The number of unbranched alkanes of at least 4 members (excludes halogenated alkanes) is 2. The van der Waals surface area contributed by atoms with Gasteiger partial charge in [-0.15, -0.1) is 0 Å². The lowest BCUT2D eigenvalue weighted by Crippen LogP contribution is -2.58. The summed E-state index contributed by atoms with van der Waals surface area (Å²) in [6.07, 6.45) is 11.5. The normalized spacial score (nSPS) is 36.6. The van der Waals surface area contributed by atoms with Crippen LogP contribution in [0.2, 0.25) is 0 Å². The number of hydrogen-bond donors (Lipinski definition) is 1. The number of fused-ring (bicyclic) bond motifs is 2. The van der Waals surface area contributed by atoms with E-state index in [1.165, 1.54) is 4.90 Å². The highest BCUT2D eigenvalue weighted by Crippen LogP contribution is 2.58. The molecule has 0 aliphatic carbocycles. The number of carbonyl (C=O) groups is 3. The van der Waals surface area contributed by atoms with Crippen molar-refractivity contribution in [3.63, 3.8) is 0 Å². The van der Waals surface area contributed by atoms with E-state index in [1.807, 2.05) is 31.2 Å². The third-order valence-corrected chi connectivity index (χ3v) is 7.69. The van der Waals surface area contributed by atoms with Crippen LogP contribution >= 0.6 is 0 Å². The van der Waals surface area contributed by atoms with E-state index >= 15 is 0 Å². The number of nitrogens with zero attached hydrogens (tertiary/aromatic N) is 2. The van der Waals surface area contributed by atoms with E-state index < -0.39 is 41.1 Å². The van der Waals surface area contributed by atoms with Crippen LogP contribution in [-0.2, 0) is 23.9 Å². The average Bonchev–Trinajstić information content (AvgIpc) is 3.16. The summed E-state index contributed by atoms with van der Waals surface area (Å²) in [5, 5.41) is 9.94. The van der Waals surface area contributed by atoms with Gasteiger partial charge < -0.3 is 24.4 Å². The molecule has 0 radical (unpaired) electrons. The average molecular weight is 461 g/mol. The molecule has 182 valence electrons. The first kappa shape index (κ1) is 24.0. The van der Waals surface area contributed by atoms with Crippen LogP contribution in [0.15, 0.2) is 24.3 Å². The van der Waals surface area contributed by atoms with Crippen molar-refractivity contribution in [2.75, 3.05) is 26.3 Å². The summed E-state index contributed by atoms with van der Waals surface area (Å²) in [5.41, 5.74) is -2.31. The number of likely N-dealkylation sites (tertiary alicyclic amines) is 1. The second-order valence-corrected chi connectivity index (χ2v) is 9.65. The molecule has 8 nitrogen and oxygen atoms in total. The van der Waals surface area contributed by atoms with Gasteiger partial charge >= 0.3 is 5.97 Å². The molecule has 4 heterocycles. The molecule has 4 aliphatic heterocycles. The van der Waals surface area contributed by atoms with Crippen molar-refractivity contribution < 1.29 is 29.0 Å². The molecule has 1 spiro atoms. The van der Waals surface area contributed by atoms with Crippen molar-refractivity contribution >= 4 is 17.8 Å². The second-order valence-electron chi connectivity index (χ2n) is 9.65. The summed E-state index contributed by atoms with van der Waals surface area (Å²) in [5.74, 6) is -2.72. The lowest BCUT2D eigenvalue weighted by atomic mass is 9.73. The molecule has 1 N–H and O–H groups in total. The van der Waals surface area contributed by atoms with Gasteiger partial charge in [-0.05, 0) is 26.2 Å². The van der Waals surface area contributed by atoms with Gasteiger partial charge in [-0.1, -0.05) is 51.0 Å². The Hall–Kier alpha value is -2.19. The zero-order valence-corrected chi connectivity index (χ0v) is 19.9. The van der Waals surface area contributed by atoms with Crippen LogP contribution in [0, 0.1) is 11.8 Å². The zero-order valence-electron chi connectivity index (χ0n) is 19.9. The van der Waals surface area contributed by atoms with Gasteiger partial charge in [0.2, 0.25) is 11.8 Å². The van der Waals surface area contributed by atoms with Crippen LogP contribution in [0.5, 0.6) is 0 Å². The van der Waals surface area contributed by atoms with Gasteiger partial charge in [0.05, 0.1) is 25.2 Å². The molecule has 0 aromatic heterocycles. The summed E-state index contributed by atoms with van der Waals surface area (Å²) < 4.78 is 12.3. The Morgan fingerprint density at radius 2 is 1.91 bits per heavy atom. The van der Waals surface area contributed by atoms with Crippen LogP contribution in [0.1, 0.15) is 52.9 Å². The predicted octanol–water partition coefficient (Wildman–Crippen LogP) is 1.82. The summed E-state index contributed by atoms with van der Waals surface area (Å²) in [6.45, 7) is 6.74. The number of cyclic esters (lactones) is 1. The van der Waals surface area contributed by atoms with Crippen molar-refractivity contribution in [2.24, 2.45) is 11.8 Å². The van der Waals surface area contributed by atoms with Crippen LogP contribution in [0.25, 0.3) is 0 Å². The third-order valence-electron chi connectivity index (χ3n) is 7.69. The van der Waals surface area contributed by atoms with Crippen molar-refractivity contribution in [2.45, 2.75) is 76.2 Å². The molecular formula is C25H36N2O6. The van der Waals surface area contributed by atoms with Gasteiger partial charge in [-0.2, -0.15) is 0 Å². The van der Waals surface area contributed by atoms with Crippen LogP contribution in [0.3, 0.4) is 0 Å². The molecule has 8 heteroatoms. The summed E-state index contributed by atoms with van der Waals surface area (Å²) in [6, 6.07) is -1.52. The van der Waals surface area contributed by atoms with E-state index in [2.05, 4.69) is 6.92 Å². The molecule has 0 aromatic carbocycles. The molecule has 2 saturated heterocycles. The minimum absolute atomic E-state index is 0.190. The Kier molecular flexibility index (Phi) is 6.69. The van der Waals surface area contributed by atoms with Crippen molar-refractivity contribution in [3.8, 4) is 0 Å². The maximum absolute atomic E-state index is 13.9. The number of carbonyl (C=O) groups excluding carboxylic acids is 3. The fourth-order valence-electron chi connectivity index (χ4n) is 6.03. The minimum atomic E-state index is -1.29. The smallest absolute Gasteiger partial charge is 0.313 e. The Morgan fingerprint density at radius 3 is 2.61 bits per heavy atom. The largest absolute Gasteiger partial charge is 0.465 e. The van der Waals surface area contributed by atoms with Crippen molar-refractivity contribution in [3.05, 3.63) is 24.3 Å². The van der Waals surface area contributed by atoms with E-state index in [1.54, 1.807) is 11.8 Å². The molecular weight excluding hydrogens is 424 g/mol. The number of esters is 1. The van der Waals surface area contributed by atoms with Gasteiger partial charge in [0.1, 0.15) is 23.2 Å². The van der Waals surface area contributed by atoms with E-state index in [-0.39, 0.29) is 25.0 Å². The highest BCUT2D eigenvalue weighted by atomic mass is 16.6. The highest BCUT2D eigenvalue weighted by molar-refractivity contribution is 5.99. The molecule has 2 amide bonds. The SMILES string of the molecule is CCCCCN1CC=C[C@]23O[C@@]4(CC)C=CCCOC(=O)[C@H]4[C@H]2C(=O)N([C@H](C)CO)C3C1=O. The van der Waals surface area contributed by atoms with Crippen molar-refractivity contribution in [1.82, 2.24) is 9.80 Å². The van der Waals surface area contributed by atoms with E-state index in [0.717, 1.165) is 19.3 Å². The molecule has 0 saturated carbocycles. The maximum atomic E-state index is 13.9. The summed E-state index contributed by atoms with van der Waals surface area (Å²) >= 11 is 0. The van der Waals surface area contributed by atoms with Crippen LogP contribution in [0.4, 0.5) is 0 Å². The lowest BCUT2D eigenvalue weighted by Gasteiger charge is -2.40. The number of rotatable bonds is 7. The Labute approximate surface area is 195 Å². The third kappa shape index (κ3) is 3.62. The molecule has 1 unspecified atom stereocenters. The molecule has 2 fully saturated rings. The Balaban J connectivity index is 1.84. The standard InChI is InChI=1S/C25H36N2O6/c1-4-6-8-13-26-14-10-12-25-18(21(29)27(17(3)16-28)20(25)22(26)30)19-23(31)32-15-9-7-11-24(19,5-2)33-25/h7,10-12,17-20,28H,4-6,8-9,13-16H2,1-3H3/t17-,18+,19-,20?,24+,25+/m1/s1. The molecule has 4 aliphatic rings. The van der Waals surface area contributed by atoms with Crippen molar-refractivity contribution in [1.29, 1.82) is 0 Å². The highest BCUT2D eigenvalue weighted by Gasteiger charge is 2.75. The monoisotopic (exact) mass is 460 g/mol. The topological polar surface area (TPSA) is 96.4 Å². The van der Waals surface area contributed by atoms with Gasteiger partial charge in [-0.25, -0.2) is 0 Å². The number of ether oxygens (including phenoxy) is 2. The molecule has 33 heavy (non-hydrogen) atoms. The minimum Gasteiger partial charge on any atom is -0.465 e. The number of hydrogen-bond acceptors (Lipinski definition) is 6.